The second-order valence-corrected chi connectivity index (χ2v) is 3.14. The molecular formula is C9H7N3O. The smallest absolute Gasteiger partial charge is 0.249 e. The Morgan fingerprint density at radius 2 is 2.31 bits per heavy atom. The summed E-state index contributed by atoms with van der Waals surface area (Å²) in [5.74, 6) is -0.0537. The van der Waals surface area contributed by atoms with E-state index >= 15 is 0 Å². The average molecular weight is 173 g/mol. The van der Waals surface area contributed by atoms with Gasteiger partial charge in [0.15, 0.2) is 0 Å². The largest absolute Gasteiger partial charge is 0.348 e. The van der Waals surface area contributed by atoms with Crippen molar-refractivity contribution < 1.29 is 4.79 Å². The first-order valence-corrected chi connectivity index (χ1v) is 4.07. The SMILES string of the molecule is O=C1C=C2C=C3NC=NC3C=C2N1. The van der Waals surface area contributed by atoms with Crippen LogP contribution in [0.1, 0.15) is 0 Å². The van der Waals surface area contributed by atoms with E-state index in [1.165, 1.54) is 0 Å². The number of fused-ring (bicyclic) bond motifs is 2. The number of nitrogens with one attached hydrogen (secondary N) is 2. The van der Waals surface area contributed by atoms with Crippen molar-refractivity contribution in [3.8, 4) is 0 Å². The minimum Gasteiger partial charge on any atom is -0.348 e. The number of carbonyl (C=O) groups excluding carboxylic acids is 1. The van der Waals surface area contributed by atoms with E-state index in [4.69, 9.17) is 0 Å². The number of aliphatic imine (C=N–C) groups is 1. The normalized spacial score (nSPS) is 28.2. The summed E-state index contributed by atoms with van der Waals surface area (Å²) in [5, 5.41) is 5.78. The van der Waals surface area contributed by atoms with Crippen molar-refractivity contribution in [2.45, 2.75) is 6.04 Å². The molecule has 2 aliphatic heterocycles. The lowest BCUT2D eigenvalue weighted by atomic mass is 10.0. The summed E-state index contributed by atoms with van der Waals surface area (Å²) in [6.07, 6.45) is 7.17. The molecule has 0 spiro atoms. The topological polar surface area (TPSA) is 53.5 Å². The van der Waals surface area contributed by atoms with Crippen LogP contribution in [0.5, 0.6) is 0 Å². The van der Waals surface area contributed by atoms with Gasteiger partial charge in [0.05, 0.1) is 6.34 Å². The molecule has 0 fully saturated rings. The lowest BCUT2D eigenvalue weighted by molar-refractivity contribution is -0.115. The summed E-state index contributed by atoms with van der Waals surface area (Å²) in [4.78, 5) is 15.2. The monoisotopic (exact) mass is 173 g/mol. The predicted octanol–water partition coefficient (Wildman–Crippen LogP) is -0.176. The van der Waals surface area contributed by atoms with Gasteiger partial charge in [0.2, 0.25) is 5.91 Å². The molecule has 4 nitrogen and oxygen atoms in total. The average Bonchev–Trinajstić information content (AvgIpc) is 2.63. The van der Waals surface area contributed by atoms with Gasteiger partial charge in [-0.25, -0.2) is 0 Å². The van der Waals surface area contributed by atoms with Gasteiger partial charge < -0.3 is 10.6 Å². The van der Waals surface area contributed by atoms with Crippen molar-refractivity contribution in [2.75, 3.05) is 0 Å². The minimum atomic E-state index is -0.0537. The van der Waals surface area contributed by atoms with Crippen molar-refractivity contribution >= 4 is 12.2 Å². The van der Waals surface area contributed by atoms with Crippen LogP contribution >= 0.6 is 0 Å². The minimum absolute atomic E-state index is 0.0537. The highest BCUT2D eigenvalue weighted by Gasteiger charge is 2.25. The molecule has 3 rings (SSSR count). The van der Waals surface area contributed by atoms with E-state index in [0.717, 1.165) is 17.0 Å². The Morgan fingerprint density at radius 1 is 1.38 bits per heavy atom. The van der Waals surface area contributed by atoms with E-state index in [1.54, 1.807) is 12.4 Å². The summed E-state index contributed by atoms with van der Waals surface area (Å²) < 4.78 is 0. The van der Waals surface area contributed by atoms with Crippen LogP contribution in [0.2, 0.25) is 0 Å². The van der Waals surface area contributed by atoms with Gasteiger partial charge in [-0.1, -0.05) is 0 Å². The number of allylic oxidation sites excluding steroid dienone is 1. The van der Waals surface area contributed by atoms with E-state index in [2.05, 4.69) is 15.6 Å². The molecule has 2 heterocycles. The van der Waals surface area contributed by atoms with Crippen LogP contribution < -0.4 is 10.6 Å². The van der Waals surface area contributed by atoms with E-state index in [-0.39, 0.29) is 11.9 Å². The van der Waals surface area contributed by atoms with Crippen LogP contribution in [0.4, 0.5) is 0 Å². The summed E-state index contributed by atoms with van der Waals surface area (Å²) in [5.41, 5.74) is 2.85. The lowest BCUT2D eigenvalue weighted by Crippen LogP contribution is -2.20. The van der Waals surface area contributed by atoms with E-state index in [1.807, 2.05) is 12.2 Å². The number of hydrogen-bond donors (Lipinski definition) is 2. The molecule has 0 saturated carbocycles. The van der Waals surface area contributed by atoms with Crippen molar-refractivity contribution in [3.63, 3.8) is 0 Å². The summed E-state index contributed by atoms with van der Waals surface area (Å²) in [6.45, 7) is 0. The number of rotatable bonds is 0. The maximum Gasteiger partial charge on any atom is 0.249 e. The maximum absolute atomic E-state index is 11.0. The molecule has 0 bridgehead atoms. The highest BCUT2D eigenvalue weighted by atomic mass is 16.1. The molecule has 1 aliphatic carbocycles. The van der Waals surface area contributed by atoms with Gasteiger partial charge in [-0.05, 0) is 12.2 Å². The van der Waals surface area contributed by atoms with Crippen LogP contribution in [0, 0.1) is 0 Å². The molecule has 4 heteroatoms. The first-order valence-electron chi connectivity index (χ1n) is 4.07. The fourth-order valence-corrected chi connectivity index (χ4v) is 1.66. The van der Waals surface area contributed by atoms with Crippen molar-refractivity contribution in [1.82, 2.24) is 10.6 Å². The molecule has 1 amide bonds. The Kier molecular flexibility index (Phi) is 1.07. The number of carbonyl (C=O) groups is 1. The zero-order valence-corrected chi connectivity index (χ0v) is 6.74. The molecule has 1 atom stereocenters. The Hall–Kier alpha value is -1.84. The van der Waals surface area contributed by atoms with Gasteiger partial charge in [-0.2, -0.15) is 0 Å². The number of nitrogens with zero attached hydrogens (tertiary/aromatic N) is 1. The molecule has 64 valence electrons. The van der Waals surface area contributed by atoms with Crippen LogP contribution in [-0.4, -0.2) is 18.3 Å². The second-order valence-electron chi connectivity index (χ2n) is 3.14. The maximum atomic E-state index is 11.0. The number of hydrogen-bond acceptors (Lipinski definition) is 3. The zero-order chi connectivity index (χ0) is 8.84. The third-order valence-electron chi connectivity index (χ3n) is 2.28. The quantitative estimate of drug-likeness (QED) is 0.534. The van der Waals surface area contributed by atoms with E-state index in [0.29, 0.717) is 0 Å². The van der Waals surface area contributed by atoms with Crippen LogP contribution in [-0.2, 0) is 4.79 Å². The van der Waals surface area contributed by atoms with Crippen molar-refractivity contribution in [2.24, 2.45) is 4.99 Å². The van der Waals surface area contributed by atoms with E-state index in [9.17, 15) is 4.79 Å². The standard InChI is InChI=1S/C9H7N3O/c13-9-2-5-1-7-8(11-4-10-7)3-6(5)12-9/h1-4,8H,(H,10,11)(H,12,13). The molecule has 0 radical (unpaired) electrons. The summed E-state index contributed by atoms with van der Waals surface area (Å²) >= 11 is 0. The second kappa shape index (κ2) is 2.10. The van der Waals surface area contributed by atoms with Gasteiger partial charge in [0, 0.05) is 23.0 Å². The molecule has 0 saturated heterocycles. The Bertz CT molecular complexity index is 415. The van der Waals surface area contributed by atoms with Crippen molar-refractivity contribution in [1.29, 1.82) is 0 Å². The highest BCUT2D eigenvalue weighted by Crippen LogP contribution is 2.26. The van der Waals surface area contributed by atoms with Crippen LogP contribution in [0.15, 0.2) is 40.2 Å². The van der Waals surface area contributed by atoms with Crippen LogP contribution in [0.3, 0.4) is 0 Å². The van der Waals surface area contributed by atoms with Gasteiger partial charge in [0.1, 0.15) is 6.04 Å². The predicted molar refractivity (Wildman–Crippen MR) is 47.8 cm³/mol. The Morgan fingerprint density at radius 3 is 3.23 bits per heavy atom. The zero-order valence-electron chi connectivity index (χ0n) is 6.74. The molecule has 0 aromatic rings. The Labute approximate surface area is 74.7 Å². The van der Waals surface area contributed by atoms with Gasteiger partial charge in [-0.3, -0.25) is 9.79 Å². The van der Waals surface area contributed by atoms with Gasteiger partial charge >= 0.3 is 0 Å². The molecule has 2 N–H and O–H groups in total. The van der Waals surface area contributed by atoms with Gasteiger partial charge in [-0.15, -0.1) is 0 Å². The Balaban J connectivity index is 2.09. The molecular weight excluding hydrogens is 166 g/mol. The summed E-state index contributed by atoms with van der Waals surface area (Å²) in [6, 6.07) is 0.0607. The highest BCUT2D eigenvalue weighted by molar-refractivity contribution is 5.96. The molecule has 1 unspecified atom stereocenters. The number of amides is 1. The third kappa shape index (κ3) is 0.853. The third-order valence-corrected chi connectivity index (χ3v) is 2.28. The first kappa shape index (κ1) is 6.65. The first-order chi connectivity index (χ1) is 6.33. The fraction of sp³-hybridized carbons (Fsp3) is 0.111. The fourth-order valence-electron chi connectivity index (χ4n) is 1.66. The van der Waals surface area contributed by atoms with Crippen LogP contribution in [0.25, 0.3) is 0 Å². The van der Waals surface area contributed by atoms with Crippen molar-refractivity contribution in [3.05, 3.63) is 35.2 Å². The molecule has 3 aliphatic rings. The lowest BCUT2D eigenvalue weighted by Gasteiger charge is -2.13. The molecule has 0 aromatic heterocycles. The van der Waals surface area contributed by atoms with E-state index < -0.39 is 0 Å². The molecule has 0 aromatic carbocycles. The summed E-state index contributed by atoms with van der Waals surface area (Å²) in [7, 11) is 0. The van der Waals surface area contributed by atoms with Gasteiger partial charge in [0.25, 0.3) is 0 Å². The molecule has 13 heavy (non-hydrogen) atoms.